The van der Waals surface area contributed by atoms with Crippen molar-refractivity contribution in [2.24, 2.45) is 5.92 Å². The van der Waals surface area contributed by atoms with E-state index in [9.17, 15) is 0 Å². The molecule has 2 nitrogen and oxygen atoms in total. The predicted molar refractivity (Wildman–Crippen MR) is 88.5 cm³/mol. The van der Waals surface area contributed by atoms with E-state index in [1.807, 2.05) is 0 Å². The molecule has 2 saturated carbocycles. The molecule has 0 aromatic rings. The average Bonchev–Trinajstić information content (AvgIpc) is 2.85. The number of hydrogen-bond acceptors (Lipinski definition) is 2. The molecule has 4 fully saturated rings. The molecule has 2 aliphatic heterocycles. The van der Waals surface area contributed by atoms with Gasteiger partial charge in [0.2, 0.25) is 0 Å². The summed E-state index contributed by atoms with van der Waals surface area (Å²) in [6, 6.07) is 1.59. The molecule has 2 unspecified atom stereocenters. The van der Waals surface area contributed by atoms with Crippen molar-refractivity contribution in [2.45, 2.75) is 114 Å². The number of piperidine rings is 2. The zero-order chi connectivity index (χ0) is 14.3. The van der Waals surface area contributed by atoms with Crippen LogP contribution >= 0.6 is 0 Å². The Morgan fingerprint density at radius 1 is 0.810 bits per heavy atom. The SMILES string of the molecule is CC1CCCC2(CC(CC3CCCC4(CCCC4)N3)C2)N1. The minimum atomic E-state index is 0.558. The van der Waals surface area contributed by atoms with Gasteiger partial charge in [0, 0.05) is 23.2 Å². The Kier molecular flexibility index (Phi) is 3.82. The quantitative estimate of drug-likeness (QED) is 0.798. The molecule has 2 heterocycles. The number of nitrogens with one attached hydrogen (secondary N) is 2. The van der Waals surface area contributed by atoms with Gasteiger partial charge in [-0.1, -0.05) is 25.7 Å². The van der Waals surface area contributed by atoms with Gasteiger partial charge < -0.3 is 10.6 Å². The van der Waals surface area contributed by atoms with E-state index in [0.29, 0.717) is 11.1 Å². The fourth-order valence-electron chi connectivity index (χ4n) is 6.24. The topological polar surface area (TPSA) is 24.1 Å². The van der Waals surface area contributed by atoms with Crippen molar-refractivity contribution < 1.29 is 0 Å². The Morgan fingerprint density at radius 2 is 1.48 bits per heavy atom. The van der Waals surface area contributed by atoms with Gasteiger partial charge >= 0.3 is 0 Å². The van der Waals surface area contributed by atoms with E-state index in [2.05, 4.69) is 17.6 Å². The minimum Gasteiger partial charge on any atom is -0.309 e. The molecule has 4 rings (SSSR count). The predicted octanol–water partition coefficient (Wildman–Crippen LogP) is 4.14. The van der Waals surface area contributed by atoms with E-state index < -0.39 is 0 Å². The van der Waals surface area contributed by atoms with Crippen molar-refractivity contribution in [3.8, 4) is 0 Å². The molecule has 2 saturated heterocycles. The van der Waals surface area contributed by atoms with Crippen LogP contribution in [0.3, 0.4) is 0 Å². The Hall–Kier alpha value is -0.0800. The first-order valence-electron chi connectivity index (χ1n) is 9.73. The van der Waals surface area contributed by atoms with Crippen molar-refractivity contribution in [3.05, 3.63) is 0 Å². The molecule has 2 aliphatic carbocycles. The van der Waals surface area contributed by atoms with Crippen LogP contribution in [-0.2, 0) is 0 Å². The van der Waals surface area contributed by atoms with Crippen LogP contribution in [0.1, 0.15) is 90.4 Å². The fourth-order valence-corrected chi connectivity index (χ4v) is 6.24. The summed E-state index contributed by atoms with van der Waals surface area (Å²) in [5.74, 6) is 0.997. The molecule has 2 spiro atoms. The van der Waals surface area contributed by atoms with Gasteiger partial charge in [-0.15, -0.1) is 0 Å². The van der Waals surface area contributed by atoms with Crippen LogP contribution in [0.2, 0.25) is 0 Å². The molecule has 4 aliphatic rings. The third kappa shape index (κ3) is 2.91. The summed E-state index contributed by atoms with van der Waals surface area (Å²) in [5, 5.41) is 8.03. The maximum atomic E-state index is 4.11. The van der Waals surface area contributed by atoms with E-state index in [-0.39, 0.29) is 0 Å². The van der Waals surface area contributed by atoms with Crippen LogP contribution in [0, 0.1) is 5.92 Å². The lowest BCUT2D eigenvalue weighted by atomic mass is 9.62. The van der Waals surface area contributed by atoms with E-state index in [0.717, 1.165) is 18.0 Å². The van der Waals surface area contributed by atoms with Crippen LogP contribution in [0.5, 0.6) is 0 Å². The molecule has 0 aromatic heterocycles. The molecular formula is C19H34N2. The van der Waals surface area contributed by atoms with Gasteiger partial charge in [0.05, 0.1) is 0 Å². The van der Waals surface area contributed by atoms with Crippen LogP contribution in [0.15, 0.2) is 0 Å². The van der Waals surface area contributed by atoms with Crippen LogP contribution < -0.4 is 10.6 Å². The summed E-state index contributed by atoms with van der Waals surface area (Å²) in [6.07, 6.45) is 18.9. The second-order valence-electron chi connectivity index (χ2n) is 8.95. The lowest BCUT2D eigenvalue weighted by Crippen LogP contribution is -2.61. The summed E-state index contributed by atoms with van der Waals surface area (Å²) in [4.78, 5) is 0. The lowest BCUT2D eigenvalue weighted by molar-refractivity contribution is 0.0403. The Morgan fingerprint density at radius 3 is 2.24 bits per heavy atom. The van der Waals surface area contributed by atoms with E-state index in [1.54, 1.807) is 0 Å². The summed E-state index contributed by atoms with van der Waals surface area (Å²) in [6.45, 7) is 2.38. The highest BCUT2D eigenvalue weighted by Gasteiger charge is 2.47. The van der Waals surface area contributed by atoms with E-state index in [4.69, 9.17) is 0 Å². The van der Waals surface area contributed by atoms with Gasteiger partial charge in [-0.25, -0.2) is 0 Å². The van der Waals surface area contributed by atoms with Gasteiger partial charge in [-0.3, -0.25) is 0 Å². The fraction of sp³-hybridized carbons (Fsp3) is 1.00. The zero-order valence-electron chi connectivity index (χ0n) is 13.9. The third-order valence-corrected chi connectivity index (χ3v) is 7.10. The van der Waals surface area contributed by atoms with Gasteiger partial charge in [-0.2, -0.15) is 0 Å². The second kappa shape index (κ2) is 5.53. The lowest BCUT2D eigenvalue weighted by Gasteiger charge is -2.54. The van der Waals surface area contributed by atoms with Gasteiger partial charge in [0.25, 0.3) is 0 Å². The molecule has 0 aromatic carbocycles. The number of rotatable bonds is 2. The van der Waals surface area contributed by atoms with Crippen LogP contribution in [-0.4, -0.2) is 23.2 Å². The zero-order valence-corrected chi connectivity index (χ0v) is 13.9. The highest BCUT2D eigenvalue weighted by molar-refractivity contribution is 5.06. The molecule has 21 heavy (non-hydrogen) atoms. The average molecular weight is 290 g/mol. The molecule has 120 valence electrons. The smallest absolute Gasteiger partial charge is 0.0189 e. The Balaban J connectivity index is 1.28. The first-order chi connectivity index (χ1) is 10.2. The maximum absolute atomic E-state index is 4.11. The van der Waals surface area contributed by atoms with Gasteiger partial charge in [0.15, 0.2) is 0 Å². The summed E-state index contributed by atoms with van der Waals surface area (Å²) in [7, 11) is 0. The first-order valence-corrected chi connectivity index (χ1v) is 9.73. The van der Waals surface area contributed by atoms with Crippen molar-refractivity contribution in [1.29, 1.82) is 0 Å². The standard InChI is InChI=1S/C19H34N2/c1-15-6-4-11-19(20-15)13-16(14-19)12-17-7-5-10-18(21-17)8-2-3-9-18/h15-17,20-21H,2-14H2,1H3. The van der Waals surface area contributed by atoms with Crippen molar-refractivity contribution in [3.63, 3.8) is 0 Å². The van der Waals surface area contributed by atoms with Crippen molar-refractivity contribution in [1.82, 2.24) is 10.6 Å². The summed E-state index contributed by atoms with van der Waals surface area (Å²) in [5.41, 5.74) is 1.13. The summed E-state index contributed by atoms with van der Waals surface area (Å²) < 4.78 is 0. The Labute approximate surface area is 130 Å². The largest absolute Gasteiger partial charge is 0.309 e. The van der Waals surface area contributed by atoms with E-state index in [1.165, 1.54) is 83.5 Å². The minimum absolute atomic E-state index is 0.558. The molecular weight excluding hydrogens is 256 g/mol. The highest BCUT2D eigenvalue weighted by atomic mass is 15.1. The van der Waals surface area contributed by atoms with E-state index >= 15 is 0 Å². The molecule has 0 amide bonds. The van der Waals surface area contributed by atoms with Crippen LogP contribution in [0.25, 0.3) is 0 Å². The molecule has 0 radical (unpaired) electrons. The molecule has 2 N–H and O–H groups in total. The van der Waals surface area contributed by atoms with Crippen LogP contribution in [0.4, 0.5) is 0 Å². The maximum Gasteiger partial charge on any atom is 0.0189 e. The molecule has 2 heteroatoms. The molecule has 0 bridgehead atoms. The normalized spacial score (nSPS) is 45.9. The highest BCUT2D eigenvalue weighted by Crippen LogP contribution is 2.47. The monoisotopic (exact) mass is 290 g/mol. The first kappa shape index (κ1) is 14.5. The van der Waals surface area contributed by atoms with Crippen molar-refractivity contribution >= 4 is 0 Å². The summed E-state index contributed by atoms with van der Waals surface area (Å²) >= 11 is 0. The molecule has 2 atom stereocenters. The Bertz CT molecular complexity index is 366. The third-order valence-electron chi connectivity index (χ3n) is 7.10. The second-order valence-corrected chi connectivity index (χ2v) is 8.95. The number of hydrogen-bond donors (Lipinski definition) is 2. The van der Waals surface area contributed by atoms with Gasteiger partial charge in [-0.05, 0) is 70.6 Å². The van der Waals surface area contributed by atoms with Gasteiger partial charge in [0.1, 0.15) is 0 Å². The van der Waals surface area contributed by atoms with Crippen molar-refractivity contribution in [2.75, 3.05) is 0 Å².